The van der Waals surface area contributed by atoms with E-state index < -0.39 is 54.2 Å². The second kappa shape index (κ2) is 11.0. The molecule has 0 bridgehead atoms. The Labute approximate surface area is 230 Å². The topological polar surface area (TPSA) is 144 Å². The van der Waals surface area contributed by atoms with Crippen molar-refractivity contribution in [3.63, 3.8) is 0 Å². The Morgan fingerprint density at radius 3 is 2.34 bits per heavy atom. The van der Waals surface area contributed by atoms with Gasteiger partial charge in [0.2, 0.25) is 11.7 Å². The lowest BCUT2D eigenvalue weighted by atomic mass is 9.89. The van der Waals surface area contributed by atoms with E-state index in [4.69, 9.17) is 11.6 Å². The number of tetrazole rings is 1. The number of hydrogen-bond donors (Lipinski definition) is 3. The van der Waals surface area contributed by atoms with Crippen molar-refractivity contribution in [3.05, 3.63) is 81.0 Å². The molecular formula is C23H19ClF6N8O3. The van der Waals surface area contributed by atoms with Gasteiger partial charge in [0, 0.05) is 10.6 Å². The predicted octanol–water partition coefficient (Wildman–Crippen LogP) is 2.90. The van der Waals surface area contributed by atoms with E-state index in [1.807, 2.05) is 0 Å². The Morgan fingerprint density at radius 2 is 1.76 bits per heavy atom. The van der Waals surface area contributed by atoms with E-state index in [0.29, 0.717) is 9.25 Å². The number of benzene rings is 2. The van der Waals surface area contributed by atoms with Gasteiger partial charge in [-0.05, 0) is 48.9 Å². The molecule has 2 aromatic carbocycles. The molecule has 0 radical (unpaired) electrons. The first-order chi connectivity index (χ1) is 19.1. The summed E-state index contributed by atoms with van der Waals surface area (Å²) in [6.07, 6.45) is -12.7. The summed E-state index contributed by atoms with van der Waals surface area (Å²) in [5.74, 6) is -1.51. The molecule has 11 nitrogen and oxygen atoms in total. The van der Waals surface area contributed by atoms with E-state index in [2.05, 4.69) is 31.0 Å². The lowest BCUT2D eigenvalue weighted by Gasteiger charge is -2.28. The summed E-state index contributed by atoms with van der Waals surface area (Å²) in [5, 5.41) is 29.4. The van der Waals surface area contributed by atoms with E-state index in [9.17, 15) is 41.0 Å². The van der Waals surface area contributed by atoms with Crippen molar-refractivity contribution >= 4 is 17.5 Å². The van der Waals surface area contributed by atoms with E-state index in [1.165, 1.54) is 37.3 Å². The quantitative estimate of drug-likeness (QED) is 0.262. The molecule has 0 aliphatic carbocycles. The lowest BCUT2D eigenvalue weighted by molar-refractivity contribution is -0.207. The van der Waals surface area contributed by atoms with Gasteiger partial charge in [0.1, 0.15) is 12.1 Å². The number of H-pyrrole nitrogens is 1. The Morgan fingerprint density at radius 1 is 1.10 bits per heavy atom. The van der Waals surface area contributed by atoms with Gasteiger partial charge in [-0.1, -0.05) is 28.9 Å². The summed E-state index contributed by atoms with van der Waals surface area (Å²) in [5.41, 5.74) is -3.93. The van der Waals surface area contributed by atoms with E-state index in [1.54, 1.807) is 0 Å². The van der Waals surface area contributed by atoms with Crippen LogP contribution in [0.1, 0.15) is 23.9 Å². The van der Waals surface area contributed by atoms with Crippen molar-refractivity contribution in [2.45, 2.75) is 44.0 Å². The van der Waals surface area contributed by atoms with Gasteiger partial charge in [0.15, 0.2) is 11.9 Å². The molecule has 0 aliphatic rings. The number of halogens is 7. The van der Waals surface area contributed by atoms with E-state index in [0.717, 1.165) is 18.2 Å². The minimum Gasteiger partial charge on any atom is -0.382 e. The monoisotopic (exact) mass is 604 g/mol. The number of rotatable bonds is 8. The van der Waals surface area contributed by atoms with Crippen LogP contribution in [0.25, 0.3) is 11.4 Å². The maximum absolute atomic E-state index is 13.4. The number of alkyl halides is 6. The zero-order valence-corrected chi connectivity index (χ0v) is 21.5. The van der Waals surface area contributed by atoms with Crippen molar-refractivity contribution < 1.29 is 36.2 Å². The number of nitrogens with zero attached hydrogens (tertiary/aromatic N) is 6. The molecule has 3 N–H and O–H groups in total. The van der Waals surface area contributed by atoms with E-state index in [-0.39, 0.29) is 27.8 Å². The van der Waals surface area contributed by atoms with Crippen LogP contribution in [0.5, 0.6) is 0 Å². The molecule has 0 fully saturated rings. The maximum Gasteiger partial charge on any atom is 0.416 e. The average Bonchev–Trinajstić information content (AvgIpc) is 3.54. The van der Waals surface area contributed by atoms with Gasteiger partial charge >= 0.3 is 18.0 Å². The number of aromatic nitrogens is 7. The lowest BCUT2D eigenvalue weighted by Crippen LogP contribution is -2.47. The second-order valence-corrected chi connectivity index (χ2v) is 9.36. The van der Waals surface area contributed by atoms with Crippen LogP contribution in [0.4, 0.5) is 26.3 Å². The van der Waals surface area contributed by atoms with Gasteiger partial charge in [-0.3, -0.25) is 9.36 Å². The van der Waals surface area contributed by atoms with Gasteiger partial charge in [-0.25, -0.2) is 9.48 Å². The number of amides is 1. The highest BCUT2D eigenvalue weighted by molar-refractivity contribution is 6.30. The van der Waals surface area contributed by atoms with Crippen LogP contribution in [0, 0.1) is 0 Å². The third kappa shape index (κ3) is 6.40. The molecule has 0 aliphatic heterocycles. The molecule has 4 aromatic rings. The number of aliphatic hydroxyl groups is 1. The highest BCUT2D eigenvalue weighted by Crippen LogP contribution is 2.34. The van der Waals surface area contributed by atoms with Crippen LogP contribution in [0.15, 0.2) is 53.3 Å². The summed E-state index contributed by atoms with van der Waals surface area (Å²) >= 11 is 5.86. The van der Waals surface area contributed by atoms with Crippen molar-refractivity contribution in [3.8, 4) is 11.4 Å². The molecule has 0 spiro atoms. The smallest absolute Gasteiger partial charge is 0.382 e. The number of carbonyl (C=O) groups is 1. The molecule has 1 amide bonds. The first-order valence-electron chi connectivity index (χ1n) is 11.5. The largest absolute Gasteiger partial charge is 0.416 e. The Balaban J connectivity index is 1.70. The summed E-state index contributed by atoms with van der Waals surface area (Å²) in [7, 11) is 0. The standard InChI is InChI=1S/C23H19ClF6N8O3/c1-21(19-32-35-36-33-19,13-3-2-4-14(9-13)22(25,26)27)31-17(40)11-38-20(41)37(10-16(39)23(28,29)30)18(34-38)12-5-7-15(24)8-6-12/h2-9,16,39H,10-11H2,1H3,(H,31,40)(H,32,33,35,36). The summed E-state index contributed by atoms with van der Waals surface area (Å²) < 4.78 is 80.5. The summed E-state index contributed by atoms with van der Waals surface area (Å²) in [4.78, 5) is 26.2. The number of hydrogen-bond acceptors (Lipinski definition) is 7. The third-order valence-electron chi connectivity index (χ3n) is 6.00. The van der Waals surface area contributed by atoms with Crippen LogP contribution in [-0.2, 0) is 29.6 Å². The fourth-order valence-electron chi connectivity index (χ4n) is 3.89. The highest BCUT2D eigenvalue weighted by Gasteiger charge is 2.40. The number of aromatic amines is 1. The SMILES string of the molecule is CC(NC(=O)Cn1nc(-c2ccc(Cl)cc2)n(CC(O)C(F)(F)F)c1=O)(c1cccc(C(F)(F)F)c1)c1nn[nH]n1. The van der Waals surface area contributed by atoms with Crippen LogP contribution in [-0.4, -0.2) is 58.3 Å². The third-order valence-corrected chi connectivity index (χ3v) is 6.25. The number of carbonyl (C=O) groups excluding carboxylic acids is 1. The summed E-state index contributed by atoms with van der Waals surface area (Å²) in [6, 6.07) is 9.50. The zero-order chi connectivity index (χ0) is 30.2. The predicted molar refractivity (Wildman–Crippen MR) is 129 cm³/mol. The van der Waals surface area contributed by atoms with Crippen molar-refractivity contribution in [1.82, 2.24) is 40.3 Å². The molecule has 41 heavy (non-hydrogen) atoms. The molecule has 2 unspecified atom stereocenters. The highest BCUT2D eigenvalue weighted by atomic mass is 35.5. The molecule has 218 valence electrons. The molecule has 0 saturated carbocycles. The van der Waals surface area contributed by atoms with Crippen LogP contribution >= 0.6 is 11.6 Å². The second-order valence-electron chi connectivity index (χ2n) is 8.93. The fraction of sp³-hybridized carbons (Fsp3) is 0.304. The number of aliphatic hydroxyl groups excluding tert-OH is 1. The molecular weight excluding hydrogens is 586 g/mol. The average molecular weight is 605 g/mol. The Hall–Kier alpha value is -4.25. The molecule has 4 rings (SSSR count). The Bertz CT molecular complexity index is 1580. The first kappa shape index (κ1) is 29.7. The zero-order valence-electron chi connectivity index (χ0n) is 20.7. The van der Waals surface area contributed by atoms with Gasteiger partial charge in [-0.2, -0.15) is 31.6 Å². The summed E-state index contributed by atoms with van der Waals surface area (Å²) in [6.45, 7) is -0.806. The van der Waals surface area contributed by atoms with Crippen molar-refractivity contribution in [1.29, 1.82) is 0 Å². The van der Waals surface area contributed by atoms with Crippen LogP contribution in [0.2, 0.25) is 5.02 Å². The van der Waals surface area contributed by atoms with Gasteiger partial charge in [0.25, 0.3) is 0 Å². The van der Waals surface area contributed by atoms with Crippen LogP contribution < -0.4 is 11.0 Å². The molecule has 0 saturated heterocycles. The van der Waals surface area contributed by atoms with Crippen molar-refractivity contribution in [2.75, 3.05) is 0 Å². The van der Waals surface area contributed by atoms with Gasteiger partial charge < -0.3 is 10.4 Å². The minimum atomic E-state index is -5.06. The van der Waals surface area contributed by atoms with Crippen molar-refractivity contribution in [2.24, 2.45) is 0 Å². The Kier molecular flexibility index (Phi) is 7.95. The van der Waals surface area contributed by atoms with Crippen LogP contribution in [0.3, 0.4) is 0 Å². The number of nitrogens with one attached hydrogen (secondary N) is 2. The van der Waals surface area contributed by atoms with E-state index >= 15 is 0 Å². The van der Waals surface area contributed by atoms with Gasteiger partial charge in [-0.15, -0.1) is 15.3 Å². The van der Waals surface area contributed by atoms with Gasteiger partial charge in [0.05, 0.1) is 12.1 Å². The first-order valence-corrected chi connectivity index (χ1v) is 11.9. The molecule has 2 aromatic heterocycles. The molecule has 2 heterocycles. The molecule has 2 atom stereocenters. The maximum atomic E-state index is 13.4. The molecule has 18 heteroatoms. The fourth-order valence-corrected chi connectivity index (χ4v) is 4.02. The normalized spacial score (nSPS) is 14.5. The minimum absolute atomic E-state index is 0.0879.